The molecule has 0 fully saturated rings. The van der Waals surface area contributed by atoms with Gasteiger partial charge in [0.25, 0.3) is 0 Å². The lowest BCUT2D eigenvalue weighted by Crippen LogP contribution is -2.24. The van der Waals surface area contributed by atoms with Crippen LogP contribution in [0, 0.1) is 11.8 Å². The summed E-state index contributed by atoms with van der Waals surface area (Å²) in [5.74, 6) is 1.29. The van der Waals surface area contributed by atoms with Crippen molar-refractivity contribution in [3.63, 3.8) is 0 Å². The molecule has 0 saturated carbocycles. The van der Waals surface area contributed by atoms with E-state index in [2.05, 4.69) is 48.9 Å². The van der Waals surface area contributed by atoms with E-state index in [4.69, 9.17) is 23.2 Å². The van der Waals surface area contributed by atoms with Gasteiger partial charge in [0.2, 0.25) is 0 Å². The number of nitrogens with one attached hydrogen (secondary N) is 1. The SMILES string of the molecule is CC(C)CC(CC(C)C)Nc1c(Cl)cc(Br)cc1Cl. The van der Waals surface area contributed by atoms with Gasteiger partial charge in [-0.1, -0.05) is 66.8 Å². The fourth-order valence-corrected chi connectivity index (χ4v) is 3.55. The van der Waals surface area contributed by atoms with Crippen LogP contribution in [0.15, 0.2) is 16.6 Å². The molecule has 0 aliphatic heterocycles. The lowest BCUT2D eigenvalue weighted by Gasteiger charge is -2.24. The summed E-state index contributed by atoms with van der Waals surface area (Å²) >= 11 is 15.9. The minimum atomic E-state index is 0.399. The van der Waals surface area contributed by atoms with Crippen LogP contribution < -0.4 is 5.32 Å². The third kappa shape index (κ3) is 5.93. The van der Waals surface area contributed by atoms with Crippen molar-refractivity contribution >= 4 is 44.8 Å². The Morgan fingerprint density at radius 3 is 1.79 bits per heavy atom. The molecule has 1 aromatic rings. The Kier molecular flexibility index (Phi) is 6.99. The first kappa shape index (κ1) is 17.1. The summed E-state index contributed by atoms with van der Waals surface area (Å²) in [4.78, 5) is 0. The first-order valence-corrected chi connectivity index (χ1v) is 8.25. The maximum atomic E-state index is 6.28. The van der Waals surface area contributed by atoms with Gasteiger partial charge in [0.1, 0.15) is 0 Å². The number of hydrogen-bond donors (Lipinski definition) is 1. The minimum Gasteiger partial charge on any atom is -0.380 e. The molecule has 0 atom stereocenters. The van der Waals surface area contributed by atoms with Crippen LogP contribution in [-0.4, -0.2) is 6.04 Å². The Bertz CT molecular complexity index is 386. The number of rotatable bonds is 6. The van der Waals surface area contributed by atoms with Crippen LogP contribution in [0.5, 0.6) is 0 Å². The van der Waals surface area contributed by atoms with Crippen molar-refractivity contribution in [3.05, 3.63) is 26.7 Å². The average molecular weight is 367 g/mol. The predicted octanol–water partition coefficient (Wildman–Crippen LogP) is 6.63. The molecule has 0 amide bonds. The standard InChI is InChI=1S/C15H22BrCl2N/c1-9(2)5-12(6-10(3)4)19-15-13(17)7-11(16)8-14(15)18/h7-10,12,19H,5-6H2,1-4H3. The summed E-state index contributed by atoms with van der Waals surface area (Å²) in [6.07, 6.45) is 2.22. The van der Waals surface area contributed by atoms with Crippen molar-refractivity contribution in [3.8, 4) is 0 Å². The molecule has 0 heterocycles. The zero-order valence-corrected chi connectivity index (χ0v) is 15.0. The van der Waals surface area contributed by atoms with Gasteiger partial charge in [0.05, 0.1) is 15.7 Å². The van der Waals surface area contributed by atoms with Crippen LogP contribution >= 0.6 is 39.1 Å². The molecule has 0 unspecified atom stereocenters. The predicted molar refractivity (Wildman–Crippen MR) is 90.5 cm³/mol. The molecule has 1 aromatic carbocycles. The fraction of sp³-hybridized carbons (Fsp3) is 0.600. The second kappa shape index (κ2) is 7.75. The third-order valence-corrected chi connectivity index (χ3v) is 3.92. The van der Waals surface area contributed by atoms with Crippen molar-refractivity contribution < 1.29 is 0 Å². The first-order chi connectivity index (χ1) is 8.79. The molecule has 19 heavy (non-hydrogen) atoms. The van der Waals surface area contributed by atoms with E-state index in [1.807, 2.05) is 12.1 Å². The number of anilines is 1. The molecule has 0 aliphatic carbocycles. The topological polar surface area (TPSA) is 12.0 Å². The summed E-state index contributed by atoms with van der Waals surface area (Å²) in [7, 11) is 0. The molecule has 0 bridgehead atoms. The Labute approximate surface area is 135 Å². The Balaban J connectivity index is 2.89. The maximum Gasteiger partial charge on any atom is 0.0721 e. The van der Waals surface area contributed by atoms with Crippen LogP contribution in [0.1, 0.15) is 40.5 Å². The van der Waals surface area contributed by atoms with E-state index in [1.165, 1.54) is 0 Å². The number of benzene rings is 1. The maximum absolute atomic E-state index is 6.28. The summed E-state index contributed by atoms with van der Waals surface area (Å²) in [5.41, 5.74) is 0.845. The highest BCUT2D eigenvalue weighted by Crippen LogP contribution is 2.35. The second-order valence-electron chi connectivity index (χ2n) is 5.84. The molecular weight excluding hydrogens is 345 g/mol. The fourth-order valence-electron chi connectivity index (χ4n) is 2.24. The Hall–Kier alpha value is 0.0800. The van der Waals surface area contributed by atoms with Crippen molar-refractivity contribution in [1.82, 2.24) is 0 Å². The molecule has 0 aromatic heterocycles. The van der Waals surface area contributed by atoms with Crippen molar-refractivity contribution in [2.45, 2.75) is 46.6 Å². The summed E-state index contributed by atoms with van der Waals surface area (Å²) < 4.78 is 0.900. The highest BCUT2D eigenvalue weighted by Gasteiger charge is 2.16. The van der Waals surface area contributed by atoms with E-state index >= 15 is 0 Å². The van der Waals surface area contributed by atoms with E-state index < -0.39 is 0 Å². The molecule has 0 aliphatic rings. The smallest absolute Gasteiger partial charge is 0.0721 e. The molecule has 1 nitrogen and oxygen atoms in total. The zero-order chi connectivity index (χ0) is 14.6. The molecule has 0 spiro atoms. The van der Waals surface area contributed by atoms with Gasteiger partial charge < -0.3 is 5.32 Å². The molecule has 0 radical (unpaired) electrons. The van der Waals surface area contributed by atoms with Gasteiger partial charge in [0, 0.05) is 10.5 Å². The number of hydrogen-bond acceptors (Lipinski definition) is 1. The van der Waals surface area contributed by atoms with Crippen LogP contribution in [-0.2, 0) is 0 Å². The van der Waals surface area contributed by atoms with Gasteiger partial charge in [-0.05, 0) is 36.8 Å². The van der Waals surface area contributed by atoms with Gasteiger partial charge in [0.15, 0.2) is 0 Å². The minimum absolute atomic E-state index is 0.399. The largest absolute Gasteiger partial charge is 0.380 e. The normalized spacial score (nSPS) is 11.7. The van der Waals surface area contributed by atoms with E-state index in [0.717, 1.165) is 23.0 Å². The van der Waals surface area contributed by atoms with E-state index in [0.29, 0.717) is 27.9 Å². The summed E-state index contributed by atoms with van der Waals surface area (Å²) in [6.45, 7) is 8.94. The number of halogens is 3. The van der Waals surface area contributed by atoms with Crippen LogP contribution in [0.4, 0.5) is 5.69 Å². The highest BCUT2D eigenvalue weighted by atomic mass is 79.9. The monoisotopic (exact) mass is 365 g/mol. The summed E-state index contributed by atoms with van der Waals surface area (Å²) in [5, 5.41) is 4.85. The van der Waals surface area contributed by atoms with Crippen LogP contribution in [0.3, 0.4) is 0 Å². The van der Waals surface area contributed by atoms with E-state index in [9.17, 15) is 0 Å². The molecule has 4 heteroatoms. The van der Waals surface area contributed by atoms with Gasteiger partial charge in [-0.25, -0.2) is 0 Å². The Morgan fingerprint density at radius 1 is 1.00 bits per heavy atom. The molecule has 0 saturated heterocycles. The van der Waals surface area contributed by atoms with Gasteiger partial charge >= 0.3 is 0 Å². The molecular formula is C15H22BrCl2N. The lowest BCUT2D eigenvalue weighted by atomic mass is 9.95. The van der Waals surface area contributed by atoms with Gasteiger partial charge in [-0.3, -0.25) is 0 Å². The van der Waals surface area contributed by atoms with Crippen molar-refractivity contribution in [1.29, 1.82) is 0 Å². The zero-order valence-electron chi connectivity index (χ0n) is 11.9. The van der Waals surface area contributed by atoms with E-state index in [-0.39, 0.29) is 0 Å². The Morgan fingerprint density at radius 2 is 1.42 bits per heavy atom. The quantitative estimate of drug-likeness (QED) is 0.595. The van der Waals surface area contributed by atoms with Crippen LogP contribution in [0.25, 0.3) is 0 Å². The van der Waals surface area contributed by atoms with Gasteiger partial charge in [-0.2, -0.15) is 0 Å². The van der Waals surface area contributed by atoms with Gasteiger partial charge in [-0.15, -0.1) is 0 Å². The van der Waals surface area contributed by atoms with E-state index in [1.54, 1.807) is 0 Å². The third-order valence-electron chi connectivity index (χ3n) is 2.87. The second-order valence-corrected chi connectivity index (χ2v) is 7.57. The lowest BCUT2D eigenvalue weighted by molar-refractivity contribution is 0.442. The van der Waals surface area contributed by atoms with Crippen LogP contribution in [0.2, 0.25) is 10.0 Å². The molecule has 1 rings (SSSR count). The molecule has 108 valence electrons. The van der Waals surface area contributed by atoms with Crippen molar-refractivity contribution in [2.24, 2.45) is 11.8 Å². The summed E-state index contributed by atoms with van der Waals surface area (Å²) in [6, 6.07) is 4.14. The van der Waals surface area contributed by atoms with Crippen molar-refractivity contribution in [2.75, 3.05) is 5.32 Å². The first-order valence-electron chi connectivity index (χ1n) is 6.70. The highest BCUT2D eigenvalue weighted by molar-refractivity contribution is 9.10. The molecule has 1 N–H and O–H groups in total. The average Bonchev–Trinajstić information content (AvgIpc) is 2.21.